The molecule has 0 saturated heterocycles. The molecule has 0 aliphatic rings. The molecule has 0 aliphatic heterocycles. The number of carboxylic acids is 1. The van der Waals surface area contributed by atoms with Gasteiger partial charge in [0.05, 0.1) is 11.8 Å². The average molecular weight is 203 g/mol. The smallest absolute Gasteiger partial charge is 0.336 e. The number of H-pyrrole nitrogens is 1. The zero-order chi connectivity index (χ0) is 10.8. The highest BCUT2D eigenvalue weighted by atomic mass is 16.4. The number of rotatable bonds is 2. The molecule has 0 radical (unpaired) electrons. The van der Waals surface area contributed by atoms with Crippen molar-refractivity contribution in [1.82, 2.24) is 15.2 Å². The van der Waals surface area contributed by atoms with E-state index in [-0.39, 0.29) is 5.56 Å². The van der Waals surface area contributed by atoms with Crippen LogP contribution in [0.15, 0.2) is 24.7 Å². The number of hydrogen-bond acceptors (Lipinski definition) is 3. The summed E-state index contributed by atoms with van der Waals surface area (Å²) in [7, 11) is 0. The van der Waals surface area contributed by atoms with Crippen LogP contribution in [0.4, 0.5) is 0 Å². The molecule has 15 heavy (non-hydrogen) atoms. The number of pyridine rings is 1. The Hall–Kier alpha value is -2.17. The van der Waals surface area contributed by atoms with Gasteiger partial charge in [-0.1, -0.05) is 0 Å². The van der Waals surface area contributed by atoms with Crippen LogP contribution in [-0.2, 0) is 0 Å². The normalized spacial score (nSPS) is 10.2. The van der Waals surface area contributed by atoms with Crippen LogP contribution in [0.1, 0.15) is 16.1 Å². The van der Waals surface area contributed by atoms with Crippen LogP contribution in [-0.4, -0.2) is 26.3 Å². The lowest BCUT2D eigenvalue weighted by molar-refractivity contribution is 0.0697. The van der Waals surface area contributed by atoms with E-state index < -0.39 is 5.97 Å². The molecule has 0 spiro atoms. The summed E-state index contributed by atoms with van der Waals surface area (Å²) >= 11 is 0. The second-order valence-corrected chi connectivity index (χ2v) is 3.16. The first-order valence-corrected chi connectivity index (χ1v) is 4.37. The molecule has 2 N–H and O–H groups in total. The zero-order valence-electron chi connectivity index (χ0n) is 8.06. The Labute approximate surface area is 85.8 Å². The second kappa shape index (κ2) is 3.53. The summed E-state index contributed by atoms with van der Waals surface area (Å²) in [6.45, 7) is 1.76. The summed E-state index contributed by atoms with van der Waals surface area (Å²) in [5, 5.41) is 15.4. The van der Waals surface area contributed by atoms with Gasteiger partial charge < -0.3 is 5.11 Å². The van der Waals surface area contributed by atoms with E-state index in [0.29, 0.717) is 11.3 Å². The second-order valence-electron chi connectivity index (χ2n) is 3.16. The Morgan fingerprint density at radius 1 is 1.47 bits per heavy atom. The van der Waals surface area contributed by atoms with Crippen molar-refractivity contribution in [2.45, 2.75) is 6.92 Å². The Morgan fingerprint density at radius 2 is 2.27 bits per heavy atom. The van der Waals surface area contributed by atoms with E-state index in [0.717, 1.165) is 5.56 Å². The molecule has 0 fully saturated rings. The number of hydrogen-bond donors (Lipinski definition) is 2. The van der Waals surface area contributed by atoms with E-state index in [2.05, 4.69) is 15.2 Å². The third-order valence-electron chi connectivity index (χ3n) is 2.08. The van der Waals surface area contributed by atoms with E-state index in [1.165, 1.54) is 0 Å². The van der Waals surface area contributed by atoms with Crippen molar-refractivity contribution in [3.63, 3.8) is 0 Å². The van der Waals surface area contributed by atoms with Crippen molar-refractivity contribution in [1.29, 1.82) is 0 Å². The molecule has 2 aromatic rings. The number of aromatic amines is 1. The van der Waals surface area contributed by atoms with Crippen molar-refractivity contribution in [3.8, 4) is 11.1 Å². The molecule has 0 atom stereocenters. The lowest BCUT2D eigenvalue weighted by Gasteiger charge is -2.03. The molecule has 0 amide bonds. The summed E-state index contributed by atoms with van der Waals surface area (Å²) in [6, 6.07) is 1.55. The Kier molecular flexibility index (Phi) is 2.21. The van der Waals surface area contributed by atoms with Crippen molar-refractivity contribution >= 4 is 5.97 Å². The predicted octanol–water partition coefficient (Wildman–Crippen LogP) is 1.48. The molecular weight excluding hydrogens is 194 g/mol. The highest BCUT2D eigenvalue weighted by Gasteiger charge is 2.12. The van der Waals surface area contributed by atoms with E-state index in [4.69, 9.17) is 5.11 Å². The fourth-order valence-corrected chi connectivity index (χ4v) is 1.36. The number of aromatic carboxylic acids is 1. The molecule has 0 unspecified atom stereocenters. The number of carboxylic acid groups (broad SMARTS) is 1. The highest BCUT2D eigenvalue weighted by molar-refractivity contribution is 5.95. The summed E-state index contributed by atoms with van der Waals surface area (Å²) in [4.78, 5) is 15.1. The van der Waals surface area contributed by atoms with Crippen molar-refractivity contribution < 1.29 is 9.90 Å². The van der Waals surface area contributed by atoms with Crippen molar-refractivity contribution in [2.75, 3.05) is 0 Å². The van der Waals surface area contributed by atoms with Gasteiger partial charge in [-0.3, -0.25) is 10.1 Å². The van der Waals surface area contributed by atoms with E-state index >= 15 is 0 Å². The summed E-state index contributed by atoms with van der Waals surface area (Å²) in [5.41, 5.74) is 2.21. The lowest BCUT2D eigenvalue weighted by atomic mass is 10.0. The topological polar surface area (TPSA) is 78.9 Å². The molecule has 2 aromatic heterocycles. The average Bonchev–Trinajstić information content (AvgIpc) is 2.70. The van der Waals surface area contributed by atoms with Gasteiger partial charge in [0.25, 0.3) is 0 Å². The molecule has 0 saturated carbocycles. The largest absolute Gasteiger partial charge is 0.478 e. The van der Waals surface area contributed by atoms with Gasteiger partial charge in [0.2, 0.25) is 0 Å². The van der Waals surface area contributed by atoms with Crippen LogP contribution >= 0.6 is 0 Å². The lowest BCUT2D eigenvalue weighted by Crippen LogP contribution is -2.01. The standard InChI is InChI=1S/C10H9N3O2/c1-6-2-8(10(14)15)9(5-11-6)7-3-12-13-4-7/h2-5H,1H3,(H,12,13)(H,14,15). The molecule has 2 rings (SSSR count). The third-order valence-corrected chi connectivity index (χ3v) is 2.08. The van der Waals surface area contributed by atoms with Crippen LogP contribution in [0.2, 0.25) is 0 Å². The van der Waals surface area contributed by atoms with Gasteiger partial charge in [0.15, 0.2) is 0 Å². The Bertz CT molecular complexity index is 491. The fourth-order valence-electron chi connectivity index (χ4n) is 1.36. The number of nitrogens with zero attached hydrogens (tertiary/aromatic N) is 2. The molecular formula is C10H9N3O2. The monoisotopic (exact) mass is 203 g/mol. The van der Waals surface area contributed by atoms with Crippen LogP contribution < -0.4 is 0 Å². The van der Waals surface area contributed by atoms with E-state index in [1.807, 2.05) is 0 Å². The molecule has 0 aliphatic carbocycles. The molecule has 76 valence electrons. The summed E-state index contributed by atoms with van der Waals surface area (Å²) in [6.07, 6.45) is 4.75. The van der Waals surface area contributed by atoms with Crippen LogP contribution in [0.25, 0.3) is 11.1 Å². The van der Waals surface area contributed by atoms with Crippen LogP contribution in [0, 0.1) is 6.92 Å². The highest BCUT2D eigenvalue weighted by Crippen LogP contribution is 2.22. The first kappa shape index (κ1) is 9.39. The maximum absolute atomic E-state index is 11.0. The number of nitrogens with one attached hydrogen (secondary N) is 1. The number of aryl methyl sites for hydroxylation is 1. The molecule has 5 nitrogen and oxygen atoms in total. The van der Waals surface area contributed by atoms with Crippen LogP contribution in [0.5, 0.6) is 0 Å². The van der Waals surface area contributed by atoms with Gasteiger partial charge in [0.1, 0.15) is 0 Å². The predicted molar refractivity (Wildman–Crippen MR) is 53.5 cm³/mol. The van der Waals surface area contributed by atoms with Crippen molar-refractivity contribution in [2.24, 2.45) is 0 Å². The minimum Gasteiger partial charge on any atom is -0.478 e. The van der Waals surface area contributed by atoms with Gasteiger partial charge in [-0.05, 0) is 13.0 Å². The van der Waals surface area contributed by atoms with Gasteiger partial charge in [0, 0.05) is 29.2 Å². The van der Waals surface area contributed by atoms with Gasteiger partial charge in [-0.2, -0.15) is 5.10 Å². The van der Waals surface area contributed by atoms with Gasteiger partial charge in [-0.15, -0.1) is 0 Å². The first-order chi connectivity index (χ1) is 7.18. The first-order valence-electron chi connectivity index (χ1n) is 4.37. The molecule has 5 heteroatoms. The summed E-state index contributed by atoms with van der Waals surface area (Å²) in [5.74, 6) is -0.961. The minimum atomic E-state index is -0.961. The molecule has 2 heterocycles. The van der Waals surface area contributed by atoms with E-state index in [1.54, 1.807) is 31.6 Å². The quantitative estimate of drug-likeness (QED) is 0.774. The maximum Gasteiger partial charge on any atom is 0.336 e. The van der Waals surface area contributed by atoms with Crippen LogP contribution in [0.3, 0.4) is 0 Å². The van der Waals surface area contributed by atoms with Gasteiger partial charge in [-0.25, -0.2) is 4.79 Å². The zero-order valence-corrected chi connectivity index (χ0v) is 8.06. The SMILES string of the molecule is Cc1cc(C(=O)O)c(-c2cn[nH]c2)cn1. The number of carbonyl (C=O) groups is 1. The summed E-state index contributed by atoms with van der Waals surface area (Å²) < 4.78 is 0. The number of aromatic nitrogens is 3. The Balaban J connectivity index is 2.61. The van der Waals surface area contributed by atoms with Gasteiger partial charge >= 0.3 is 5.97 Å². The fraction of sp³-hybridized carbons (Fsp3) is 0.100. The van der Waals surface area contributed by atoms with E-state index in [9.17, 15) is 4.79 Å². The molecule has 0 bridgehead atoms. The maximum atomic E-state index is 11.0. The Morgan fingerprint density at radius 3 is 2.87 bits per heavy atom. The van der Waals surface area contributed by atoms with Crippen molar-refractivity contribution in [3.05, 3.63) is 35.9 Å². The third kappa shape index (κ3) is 1.71. The minimum absolute atomic E-state index is 0.240. The molecule has 0 aromatic carbocycles.